The molecule has 1 unspecified atom stereocenters. The van der Waals surface area contributed by atoms with Gasteiger partial charge in [-0.2, -0.15) is 0 Å². The smallest absolute Gasteiger partial charge is 0.148 e. The molecule has 18 heavy (non-hydrogen) atoms. The molecule has 2 rings (SSSR count). The van der Waals surface area contributed by atoms with Crippen LogP contribution in [0.3, 0.4) is 0 Å². The first-order valence-electron chi connectivity index (χ1n) is 6.15. The molecule has 1 fully saturated rings. The number of hydrogen-bond donors (Lipinski definition) is 2. The summed E-state index contributed by atoms with van der Waals surface area (Å²) in [6.45, 7) is 2.38. The molecule has 0 saturated carbocycles. The number of nitrogens with one attached hydrogen (secondary N) is 1. The summed E-state index contributed by atoms with van der Waals surface area (Å²) in [5.74, 6) is 0.718. The molecule has 3 N–H and O–H groups in total. The van der Waals surface area contributed by atoms with Crippen molar-refractivity contribution in [1.29, 1.82) is 0 Å². The second-order valence-electron chi connectivity index (χ2n) is 4.52. The Balaban J connectivity index is 1.91. The molecule has 0 spiro atoms. The molecule has 5 heteroatoms. The van der Waals surface area contributed by atoms with Gasteiger partial charge in [-0.25, -0.2) is 4.39 Å². The summed E-state index contributed by atoms with van der Waals surface area (Å²) >= 11 is 0. The van der Waals surface area contributed by atoms with Crippen LogP contribution < -0.4 is 15.8 Å². The summed E-state index contributed by atoms with van der Waals surface area (Å²) in [6, 6.07) is 2.87. The summed E-state index contributed by atoms with van der Waals surface area (Å²) in [5.41, 5.74) is 6.36. The Kier molecular flexibility index (Phi) is 4.25. The molecular weight excluding hydrogens is 235 g/mol. The summed E-state index contributed by atoms with van der Waals surface area (Å²) < 4.78 is 24.0. The Morgan fingerprint density at radius 2 is 2.39 bits per heavy atom. The number of nitrogens with two attached hydrogens (primary N) is 1. The second-order valence-corrected chi connectivity index (χ2v) is 4.52. The molecule has 0 aliphatic carbocycles. The first-order chi connectivity index (χ1) is 8.70. The monoisotopic (exact) mass is 254 g/mol. The fourth-order valence-electron chi connectivity index (χ4n) is 2.10. The topological polar surface area (TPSA) is 56.5 Å². The number of halogens is 1. The van der Waals surface area contributed by atoms with E-state index in [-0.39, 0.29) is 5.82 Å². The molecule has 0 amide bonds. The van der Waals surface area contributed by atoms with Gasteiger partial charge >= 0.3 is 0 Å². The average Bonchev–Trinajstić information content (AvgIpc) is 2.85. The molecule has 1 atom stereocenters. The van der Waals surface area contributed by atoms with Gasteiger partial charge in [0.25, 0.3) is 0 Å². The summed E-state index contributed by atoms with van der Waals surface area (Å²) in [4.78, 5) is 0. The van der Waals surface area contributed by atoms with Crippen molar-refractivity contribution in [3.05, 3.63) is 17.9 Å². The molecule has 0 bridgehead atoms. The van der Waals surface area contributed by atoms with E-state index in [1.165, 1.54) is 13.2 Å². The Hall–Kier alpha value is -1.49. The number of hydrogen-bond acceptors (Lipinski definition) is 4. The zero-order chi connectivity index (χ0) is 13.0. The third-order valence-electron chi connectivity index (χ3n) is 3.21. The van der Waals surface area contributed by atoms with Gasteiger partial charge in [0.15, 0.2) is 0 Å². The lowest BCUT2D eigenvalue weighted by atomic mass is 10.1. The van der Waals surface area contributed by atoms with Crippen molar-refractivity contribution in [2.45, 2.75) is 12.8 Å². The van der Waals surface area contributed by atoms with Gasteiger partial charge in [0, 0.05) is 31.9 Å². The van der Waals surface area contributed by atoms with Crippen LogP contribution in [-0.4, -0.2) is 26.9 Å². The SMILES string of the molecule is COc1cc(NCCC2CCOC2)c(F)cc1N. The third kappa shape index (κ3) is 3.04. The minimum absolute atomic E-state index is 0.310. The molecule has 0 radical (unpaired) electrons. The van der Waals surface area contributed by atoms with E-state index in [2.05, 4.69) is 5.32 Å². The largest absolute Gasteiger partial charge is 0.495 e. The zero-order valence-electron chi connectivity index (χ0n) is 10.5. The lowest BCUT2D eigenvalue weighted by Crippen LogP contribution is -2.10. The van der Waals surface area contributed by atoms with Crippen LogP contribution in [-0.2, 0) is 4.74 Å². The minimum atomic E-state index is -0.351. The second kappa shape index (κ2) is 5.91. The van der Waals surface area contributed by atoms with Crippen LogP contribution in [0.25, 0.3) is 0 Å². The van der Waals surface area contributed by atoms with Crippen LogP contribution >= 0.6 is 0 Å². The van der Waals surface area contributed by atoms with Crippen LogP contribution in [0.2, 0.25) is 0 Å². The molecule has 1 heterocycles. The Labute approximate surface area is 106 Å². The maximum atomic E-state index is 13.6. The van der Waals surface area contributed by atoms with Gasteiger partial charge in [-0.15, -0.1) is 0 Å². The van der Waals surface area contributed by atoms with Crippen molar-refractivity contribution in [2.24, 2.45) is 5.92 Å². The van der Waals surface area contributed by atoms with Gasteiger partial charge in [-0.05, 0) is 18.8 Å². The maximum absolute atomic E-state index is 13.6. The Morgan fingerprint density at radius 1 is 1.56 bits per heavy atom. The molecule has 1 saturated heterocycles. The number of nitrogen functional groups attached to an aromatic ring is 1. The van der Waals surface area contributed by atoms with Crippen LogP contribution in [0.1, 0.15) is 12.8 Å². The molecule has 4 nitrogen and oxygen atoms in total. The zero-order valence-corrected chi connectivity index (χ0v) is 10.5. The molecular formula is C13H19FN2O2. The lowest BCUT2D eigenvalue weighted by Gasteiger charge is -2.12. The first-order valence-corrected chi connectivity index (χ1v) is 6.15. The molecule has 100 valence electrons. The van der Waals surface area contributed by atoms with Crippen molar-refractivity contribution < 1.29 is 13.9 Å². The van der Waals surface area contributed by atoms with E-state index in [0.29, 0.717) is 23.0 Å². The van der Waals surface area contributed by atoms with Gasteiger partial charge in [-0.1, -0.05) is 0 Å². The van der Waals surface area contributed by atoms with E-state index in [4.69, 9.17) is 15.2 Å². The van der Waals surface area contributed by atoms with E-state index >= 15 is 0 Å². The van der Waals surface area contributed by atoms with E-state index in [1.54, 1.807) is 6.07 Å². The molecule has 1 aromatic rings. The number of ether oxygens (including phenoxy) is 2. The summed E-state index contributed by atoms with van der Waals surface area (Å²) in [5, 5.41) is 3.08. The van der Waals surface area contributed by atoms with Gasteiger partial charge in [0.1, 0.15) is 11.6 Å². The van der Waals surface area contributed by atoms with Gasteiger partial charge < -0.3 is 20.5 Å². The predicted molar refractivity (Wildman–Crippen MR) is 69.4 cm³/mol. The van der Waals surface area contributed by atoms with E-state index in [1.807, 2.05) is 0 Å². The van der Waals surface area contributed by atoms with Crippen LogP contribution in [0, 0.1) is 11.7 Å². The summed E-state index contributed by atoms with van der Waals surface area (Å²) in [6.07, 6.45) is 2.07. The van der Waals surface area contributed by atoms with E-state index in [0.717, 1.165) is 32.6 Å². The van der Waals surface area contributed by atoms with Crippen LogP contribution in [0.4, 0.5) is 15.8 Å². The van der Waals surface area contributed by atoms with Crippen molar-refractivity contribution >= 4 is 11.4 Å². The minimum Gasteiger partial charge on any atom is -0.495 e. The standard InChI is InChI=1S/C13H19FN2O2/c1-17-13-7-12(10(14)6-11(13)15)16-4-2-9-3-5-18-8-9/h6-7,9,16H,2-5,8,15H2,1H3. The third-order valence-corrected chi connectivity index (χ3v) is 3.21. The number of rotatable bonds is 5. The fraction of sp³-hybridized carbons (Fsp3) is 0.538. The number of anilines is 2. The Bertz CT molecular complexity index is 406. The van der Waals surface area contributed by atoms with Gasteiger partial charge in [-0.3, -0.25) is 0 Å². The predicted octanol–water partition coefficient (Wildman–Crippen LogP) is 2.25. The van der Waals surface area contributed by atoms with E-state index in [9.17, 15) is 4.39 Å². The first kappa shape index (κ1) is 13.0. The average molecular weight is 254 g/mol. The normalized spacial score (nSPS) is 18.9. The van der Waals surface area contributed by atoms with Crippen molar-refractivity contribution in [3.8, 4) is 5.75 Å². The quantitative estimate of drug-likeness (QED) is 0.791. The fourth-order valence-corrected chi connectivity index (χ4v) is 2.10. The highest BCUT2D eigenvalue weighted by atomic mass is 19.1. The highest BCUT2D eigenvalue weighted by Crippen LogP contribution is 2.28. The van der Waals surface area contributed by atoms with E-state index < -0.39 is 0 Å². The van der Waals surface area contributed by atoms with Crippen molar-refractivity contribution in [1.82, 2.24) is 0 Å². The van der Waals surface area contributed by atoms with Crippen molar-refractivity contribution in [3.63, 3.8) is 0 Å². The molecule has 1 aliphatic rings. The highest BCUT2D eigenvalue weighted by molar-refractivity contribution is 5.62. The van der Waals surface area contributed by atoms with Crippen LogP contribution in [0.5, 0.6) is 5.75 Å². The lowest BCUT2D eigenvalue weighted by molar-refractivity contribution is 0.185. The van der Waals surface area contributed by atoms with Gasteiger partial charge in [0.2, 0.25) is 0 Å². The van der Waals surface area contributed by atoms with Gasteiger partial charge in [0.05, 0.1) is 18.5 Å². The number of benzene rings is 1. The molecule has 1 aliphatic heterocycles. The van der Waals surface area contributed by atoms with Crippen LogP contribution in [0.15, 0.2) is 12.1 Å². The number of methoxy groups -OCH3 is 1. The summed E-state index contributed by atoms with van der Waals surface area (Å²) in [7, 11) is 1.52. The molecule has 1 aromatic carbocycles. The highest BCUT2D eigenvalue weighted by Gasteiger charge is 2.15. The van der Waals surface area contributed by atoms with Crippen molar-refractivity contribution in [2.75, 3.05) is 37.9 Å². The Morgan fingerprint density at radius 3 is 3.06 bits per heavy atom. The maximum Gasteiger partial charge on any atom is 0.148 e. The molecule has 0 aromatic heterocycles.